The van der Waals surface area contributed by atoms with Gasteiger partial charge in [0.1, 0.15) is 5.75 Å². The van der Waals surface area contributed by atoms with E-state index in [1.54, 1.807) is 25.1 Å². The molecular weight excluding hydrogens is 192 g/mol. The number of benzene rings is 1. The number of hydrogen-bond donors (Lipinski definition) is 1. The first kappa shape index (κ1) is 11.6. The van der Waals surface area contributed by atoms with Gasteiger partial charge in [-0.05, 0) is 31.0 Å². The maximum atomic E-state index is 11.3. The Bertz CT molecular complexity index is 333. The number of phenols is 1. The minimum Gasteiger partial charge on any atom is -0.508 e. The molecule has 1 rings (SSSR count). The summed E-state index contributed by atoms with van der Waals surface area (Å²) in [6, 6.07) is 6.92. The lowest BCUT2D eigenvalue weighted by Gasteiger charge is -2.10. The van der Waals surface area contributed by atoms with Gasteiger partial charge < -0.3 is 9.84 Å². The Morgan fingerprint density at radius 3 is 2.87 bits per heavy atom. The van der Waals surface area contributed by atoms with Crippen LogP contribution in [0.25, 0.3) is 0 Å². The van der Waals surface area contributed by atoms with E-state index in [-0.39, 0.29) is 17.6 Å². The van der Waals surface area contributed by atoms with E-state index in [2.05, 4.69) is 0 Å². The molecule has 1 aromatic carbocycles. The number of hydrogen-bond acceptors (Lipinski definition) is 3. The van der Waals surface area contributed by atoms with E-state index in [1.807, 2.05) is 13.0 Å². The van der Waals surface area contributed by atoms with Gasteiger partial charge in [0, 0.05) is 0 Å². The van der Waals surface area contributed by atoms with Crippen molar-refractivity contribution in [3.05, 3.63) is 29.8 Å². The van der Waals surface area contributed by atoms with Gasteiger partial charge in [-0.2, -0.15) is 0 Å². The molecule has 1 N–H and O–H groups in total. The fourth-order valence-corrected chi connectivity index (χ4v) is 1.40. The van der Waals surface area contributed by atoms with Crippen molar-refractivity contribution in [3.8, 4) is 5.75 Å². The summed E-state index contributed by atoms with van der Waals surface area (Å²) in [5.41, 5.74) is 0.940. The average Bonchev–Trinajstić information content (AvgIpc) is 2.18. The summed E-state index contributed by atoms with van der Waals surface area (Å²) in [5.74, 6) is -0.142. The molecule has 0 amide bonds. The molecule has 1 atom stereocenters. The van der Waals surface area contributed by atoms with Crippen molar-refractivity contribution in [1.29, 1.82) is 0 Å². The van der Waals surface area contributed by atoms with Crippen LogP contribution in [0.15, 0.2) is 24.3 Å². The highest BCUT2D eigenvalue weighted by Crippen LogP contribution is 2.15. The number of rotatable bonds is 4. The quantitative estimate of drug-likeness (QED) is 0.771. The second kappa shape index (κ2) is 5.39. The molecule has 0 fully saturated rings. The molecule has 0 saturated carbocycles. The standard InChI is InChI=1S/C12H16O3/c1-3-15-12(14)9(2)7-10-5-4-6-11(13)8-10/h4-6,8-9,13H,3,7H2,1-2H3/t9-/m0/s1. The number of carbonyl (C=O) groups excluding carboxylic acids is 1. The maximum Gasteiger partial charge on any atom is 0.308 e. The van der Waals surface area contributed by atoms with Crippen LogP contribution in [0.5, 0.6) is 5.75 Å². The number of aromatic hydroxyl groups is 1. The lowest BCUT2D eigenvalue weighted by Crippen LogP contribution is -2.16. The Labute approximate surface area is 89.7 Å². The monoisotopic (exact) mass is 208 g/mol. The summed E-state index contributed by atoms with van der Waals surface area (Å²) in [7, 11) is 0. The lowest BCUT2D eigenvalue weighted by molar-refractivity contribution is -0.147. The molecule has 1 aromatic rings. The Morgan fingerprint density at radius 1 is 1.53 bits per heavy atom. The number of ether oxygens (including phenoxy) is 1. The summed E-state index contributed by atoms with van der Waals surface area (Å²) < 4.78 is 4.90. The largest absolute Gasteiger partial charge is 0.508 e. The van der Waals surface area contributed by atoms with Gasteiger partial charge >= 0.3 is 5.97 Å². The first-order valence-corrected chi connectivity index (χ1v) is 5.08. The van der Waals surface area contributed by atoms with E-state index in [1.165, 1.54) is 0 Å². The van der Waals surface area contributed by atoms with E-state index >= 15 is 0 Å². The molecule has 3 heteroatoms. The van der Waals surface area contributed by atoms with Crippen LogP contribution in [0.3, 0.4) is 0 Å². The van der Waals surface area contributed by atoms with Crippen molar-refractivity contribution in [1.82, 2.24) is 0 Å². The number of carbonyl (C=O) groups is 1. The smallest absolute Gasteiger partial charge is 0.308 e. The lowest BCUT2D eigenvalue weighted by atomic mass is 10.0. The fourth-order valence-electron chi connectivity index (χ4n) is 1.40. The molecule has 0 aliphatic carbocycles. The first-order valence-electron chi connectivity index (χ1n) is 5.08. The summed E-state index contributed by atoms with van der Waals surface area (Å²) >= 11 is 0. The van der Waals surface area contributed by atoms with Gasteiger partial charge in [0.25, 0.3) is 0 Å². The van der Waals surface area contributed by atoms with Crippen LogP contribution in [0.1, 0.15) is 19.4 Å². The first-order chi connectivity index (χ1) is 7.13. The summed E-state index contributed by atoms with van der Waals surface area (Å²) in [5, 5.41) is 9.25. The molecule has 0 spiro atoms. The minimum absolute atomic E-state index is 0.174. The molecule has 0 heterocycles. The zero-order valence-electron chi connectivity index (χ0n) is 9.06. The van der Waals surface area contributed by atoms with E-state index in [4.69, 9.17) is 4.74 Å². The molecule has 0 aromatic heterocycles. The predicted molar refractivity (Wildman–Crippen MR) is 57.6 cm³/mol. The number of phenolic OH excluding ortho intramolecular Hbond substituents is 1. The Balaban J connectivity index is 2.58. The van der Waals surface area contributed by atoms with Crippen LogP contribution in [-0.2, 0) is 16.0 Å². The molecule has 15 heavy (non-hydrogen) atoms. The van der Waals surface area contributed by atoms with Crippen molar-refractivity contribution in [3.63, 3.8) is 0 Å². The van der Waals surface area contributed by atoms with Crippen LogP contribution in [-0.4, -0.2) is 17.7 Å². The Hall–Kier alpha value is -1.51. The van der Waals surface area contributed by atoms with Crippen LogP contribution < -0.4 is 0 Å². The highest BCUT2D eigenvalue weighted by molar-refractivity contribution is 5.72. The van der Waals surface area contributed by atoms with Crippen LogP contribution in [0.4, 0.5) is 0 Å². The Kier molecular flexibility index (Phi) is 4.16. The third-order valence-electron chi connectivity index (χ3n) is 2.14. The van der Waals surface area contributed by atoms with Gasteiger partial charge in [0.15, 0.2) is 0 Å². The molecule has 0 aliphatic rings. The molecule has 0 aliphatic heterocycles. The average molecular weight is 208 g/mol. The topological polar surface area (TPSA) is 46.5 Å². The molecule has 0 radical (unpaired) electrons. The molecule has 3 nitrogen and oxygen atoms in total. The van der Waals surface area contributed by atoms with Crippen LogP contribution >= 0.6 is 0 Å². The highest BCUT2D eigenvalue weighted by atomic mass is 16.5. The van der Waals surface area contributed by atoms with E-state index < -0.39 is 0 Å². The van der Waals surface area contributed by atoms with Gasteiger partial charge in [-0.15, -0.1) is 0 Å². The summed E-state index contributed by atoms with van der Waals surface area (Å²) in [4.78, 5) is 11.3. The zero-order chi connectivity index (χ0) is 11.3. The van der Waals surface area contributed by atoms with Crippen molar-refractivity contribution in [2.45, 2.75) is 20.3 Å². The molecule has 0 unspecified atom stereocenters. The highest BCUT2D eigenvalue weighted by Gasteiger charge is 2.14. The van der Waals surface area contributed by atoms with Gasteiger partial charge in [0.05, 0.1) is 12.5 Å². The molecular formula is C12H16O3. The van der Waals surface area contributed by atoms with Gasteiger partial charge in [-0.25, -0.2) is 0 Å². The molecule has 0 saturated heterocycles. The SMILES string of the molecule is CCOC(=O)[C@@H](C)Cc1cccc(O)c1. The second-order valence-corrected chi connectivity index (χ2v) is 3.53. The van der Waals surface area contributed by atoms with Crippen molar-refractivity contribution >= 4 is 5.97 Å². The van der Waals surface area contributed by atoms with Crippen LogP contribution in [0.2, 0.25) is 0 Å². The van der Waals surface area contributed by atoms with Gasteiger partial charge in [-0.1, -0.05) is 19.1 Å². The second-order valence-electron chi connectivity index (χ2n) is 3.53. The summed E-state index contributed by atoms with van der Waals surface area (Å²) in [6.45, 7) is 4.02. The maximum absolute atomic E-state index is 11.3. The van der Waals surface area contributed by atoms with Gasteiger partial charge in [0.2, 0.25) is 0 Å². The Morgan fingerprint density at radius 2 is 2.27 bits per heavy atom. The van der Waals surface area contributed by atoms with Crippen molar-refractivity contribution < 1.29 is 14.6 Å². The van der Waals surface area contributed by atoms with Crippen molar-refractivity contribution in [2.24, 2.45) is 5.92 Å². The molecule has 82 valence electrons. The predicted octanol–water partition coefficient (Wildman–Crippen LogP) is 2.13. The van der Waals surface area contributed by atoms with Crippen molar-refractivity contribution in [2.75, 3.05) is 6.61 Å². The van der Waals surface area contributed by atoms with Gasteiger partial charge in [-0.3, -0.25) is 4.79 Å². The minimum atomic E-state index is -0.194. The molecule has 0 bridgehead atoms. The van der Waals surface area contributed by atoms with E-state index in [9.17, 15) is 9.90 Å². The third-order valence-corrected chi connectivity index (χ3v) is 2.14. The summed E-state index contributed by atoms with van der Waals surface area (Å²) in [6.07, 6.45) is 0.591. The number of esters is 1. The van der Waals surface area contributed by atoms with E-state index in [0.717, 1.165) is 5.56 Å². The normalized spacial score (nSPS) is 12.1. The zero-order valence-corrected chi connectivity index (χ0v) is 9.06. The third kappa shape index (κ3) is 3.62. The van der Waals surface area contributed by atoms with E-state index in [0.29, 0.717) is 13.0 Å². The van der Waals surface area contributed by atoms with Crippen LogP contribution in [0, 0.1) is 5.92 Å². The fraction of sp³-hybridized carbons (Fsp3) is 0.417.